The van der Waals surface area contributed by atoms with Gasteiger partial charge in [0.2, 0.25) is 0 Å². The zero-order chi connectivity index (χ0) is 67.5. The van der Waals surface area contributed by atoms with E-state index in [2.05, 4.69) is 98.9 Å². The van der Waals surface area contributed by atoms with Crippen LogP contribution in [0.3, 0.4) is 0 Å². The smallest absolute Gasteiger partial charge is 0.306 e. The van der Waals surface area contributed by atoms with Crippen LogP contribution >= 0.6 is 0 Å². The van der Waals surface area contributed by atoms with Crippen molar-refractivity contribution < 1.29 is 42.9 Å². The van der Waals surface area contributed by atoms with Gasteiger partial charge >= 0.3 is 11.9 Å². The molecule has 0 rings (SSSR count). The van der Waals surface area contributed by atoms with Gasteiger partial charge < -0.3 is 33.3 Å². The minimum absolute atomic E-state index is 0.149. The Hall–Kier alpha value is -3.53. The Kier molecular flexibility index (Phi) is 71.4. The lowest BCUT2D eigenvalue weighted by atomic mass is 10.0. The van der Waals surface area contributed by atoms with E-state index < -0.39 is 24.3 Å². The maximum absolute atomic E-state index is 13.0. The number of likely N-dealkylation sites (N-methyl/N-ethyl adjacent to an activating group) is 1. The molecule has 540 valence electrons. The highest BCUT2D eigenvalue weighted by atomic mass is 16.7. The molecule has 0 spiro atoms. The van der Waals surface area contributed by atoms with E-state index in [1.165, 1.54) is 270 Å². The SMILES string of the molecule is CC/C=C\C/C=C\C/C=C\C/C=C\C/C=C\CCCCCCCCCCCCCCCCCCCCCCCCCC(=O)OC(COC(=O)CCCCCCCCCCCCCCCCCCC/C=C\C/C=C\CCCCCCC)COC(OCC[N+](C)(C)C)C(=O)[O-]. The average molecular weight is 1300 g/mol. The van der Waals surface area contributed by atoms with Crippen molar-refractivity contribution >= 4 is 17.9 Å². The number of aliphatic carboxylic acids is 1. The van der Waals surface area contributed by atoms with Gasteiger partial charge in [-0.05, 0) is 89.9 Å². The van der Waals surface area contributed by atoms with Crippen molar-refractivity contribution in [1.82, 2.24) is 0 Å². The molecule has 9 nitrogen and oxygen atoms in total. The highest BCUT2D eigenvalue weighted by Crippen LogP contribution is 2.19. The molecule has 2 unspecified atom stereocenters. The van der Waals surface area contributed by atoms with E-state index in [-0.39, 0.29) is 32.2 Å². The van der Waals surface area contributed by atoms with Crippen molar-refractivity contribution in [1.29, 1.82) is 0 Å². The van der Waals surface area contributed by atoms with Crippen LogP contribution in [0.1, 0.15) is 373 Å². The number of carboxylic acids is 1. The number of esters is 2. The number of hydrogen-bond acceptors (Lipinski definition) is 8. The molecule has 0 radical (unpaired) electrons. The van der Waals surface area contributed by atoms with Crippen LogP contribution in [0.2, 0.25) is 0 Å². The Morgan fingerprint density at radius 3 is 0.914 bits per heavy atom. The molecule has 93 heavy (non-hydrogen) atoms. The van der Waals surface area contributed by atoms with Crippen molar-refractivity contribution in [3.63, 3.8) is 0 Å². The third-order valence-electron chi connectivity index (χ3n) is 17.6. The van der Waals surface area contributed by atoms with Crippen molar-refractivity contribution in [2.75, 3.05) is 47.5 Å². The van der Waals surface area contributed by atoms with Crippen molar-refractivity contribution in [3.05, 3.63) is 85.1 Å². The minimum atomic E-state index is -1.62. The Morgan fingerprint density at radius 1 is 0.333 bits per heavy atom. The van der Waals surface area contributed by atoms with Gasteiger partial charge in [0.25, 0.3) is 0 Å². The van der Waals surface area contributed by atoms with Gasteiger partial charge in [-0.1, -0.05) is 356 Å². The second kappa shape index (κ2) is 74.3. The number of rotatable bonds is 74. The number of allylic oxidation sites excluding steroid dienone is 14. The number of carbonyl (C=O) groups excluding carboxylic acids is 3. The first-order chi connectivity index (χ1) is 45.6. The molecule has 0 amide bonds. The quantitative estimate of drug-likeness (QED) is 0.0195. The van der Waals surface area contributed by atoms with Crippen molar-refractivity contribution in [2.45, 2.75) is 386 Å². The number of quaternary nitrogens is 1. The van der Waals surface area contributed by atoms with E-state index in [9.17, 15) is 19.5 Å². The molecule has 9 heteroatoms. The summed E-state index contributed by atoms with van der Waals surface area (Å²) >= 11 is 0. The summed E-state index contributed by atoms with van der Waals surface area (Å²) in [5.74, 6) is -2.26. The van der Waals surface area contributed by atoms with Gasteiger partial charge in [-0.25, -0.2) is 0 Å². The van der Waals surface area contributed by atoms with Crippen LogP contribution in [0, 0.1) is 0 Å². The molecule has 2 atom stereocenters. The molecule has 0 aromatic heterocycles. The highest BCUT2D eigenvalue weighted by Gasteiger charge is 2.22. The maximum Gasteiger partial charge on any atom is 0.306 e. The fourth-order valence-electron chi connectivity index (χ4n) is 11.6. The molecular formula is C84H151NO8. The van der Waals surface area contributed by atoms with Crippen LogP contribution in [-0.4, -0.2) is 82.3 Å². The van der Waals surface area contributed by atoms with Gasteiger partial charge in [0.1, 0.15) is 13.2 Å². The van der Waals surface area contributed by atoms with E-state index >= 15 is 0 Å². The van der Waals surface area contributed by atoms with Crippen LogP contribution in [0.15, 0.2) is 85.1 Å². The molecule has 0 N–H and O–H groups in total. The third kappa shape index (κ3) is 75.7. The second-order valence-corrected chi connectivity index (χ2v) is 28.0. The largest absolute Gasteiger partial charge is 0.545 e. The van der Waals surface area contributed by atoms with Gasteiger partial charge in [-0.2, -0.15) is 0 Å². The molecule has 0 saturated carbocycles. The van der Waals surface area contributed by atoms with E-state index in [0.29, 0.717) is 23.9 Å². The van der Waals surface area contributed by atoms with E-state index in [4.69, 9.17) is 18.9 Å². The normalized spacial score (nSPS) is 13.1. The van der Waals surface area contributed by atoms with Gasteiger partial charge in [-0.15, -0.1) is 0 Å². The lowest BCUT2D eigenvalue weighted by molar-refractivity contribution is -0.870. The molecule has 0 aromatic rings. The summed E-state index contributed by atoms with van der Waals surface area (Å²) in [5, 5.41) is 11.9. The van der Waals surface area contributed by atoms with Crippen LogP contribution in [0.4, 0.5) is 0 Å². The van der Waals surface area contributed by atoms with Gasteiger partial charge in [0.15, 0.2) is 12.4 Å². The molecule has 0 saturated heterocycles. The predicted molar refractivity (Wildman–Crippen MR) is 398 cm³/mol. The number of hydrogen-bond donors (Lipinski definition) is 0. The number of unbranched alkanes of at least 4 members (excludes halogenated alkanes) is 45. The first-order valence-electron chi connectivity index (χ1n) is 39.7. The summed E-state index contributed by atoms with van der Waals surface area (Å²) in [6.45, 7) is 4.68. The zero-order valence-electron chi connectivity index (χ0n) is 61.9. The van der Waals surface area contributed by atoms with Crippen molar-refractivity contribution in [3.8, 4) is 0 Å². The topological polar surface area (TPSA) is 111 Å². The van der Waals surface area contributed by atoms with E-state index in [0.717, 1.165) is 70.6 Å². The number of carbonyl (C=O) groups is 3. The third-order valence-corrected chi connectivity index (χ3v) is 17.6. The number of ether oxygens (including phenoxy) is 4. The molecule has 0 aliphatic heterocycles. The Balaban J connectivity index is 3.98. The standard InChI is InChI=1S/C84H151NO8/c1-6-8-10-12-14-16-18-20-22-24-26-28-30-32-34-36-37-38-39-40-41-42-43-44-45-47-49-51-53-55-57-59-61-63-65-67-69-71-73-75-82(87)93-80(79-92-84(83(88)89)90-77-76-85(3,4)5)78-91-81(86)74-72-70-68-66-64-62-60-58-56-54-52-50-48-46-35-33-31-29-27-25-23-21-19-17-15-13-11-9-7-2/h8,10,14,16,19-22,25-28,32,34,80,84H,6-7,9,11-13,15,17-18,23-24,29-31,33,35-79H2,1-5H3/b10-8-,16-14-,21-19-,22-20-,27-25-,28-26-,34-32-. The summed E-state index contributed by atoms with van der Waals surface area (Å²) in [5.41, 5.74) is 0. The lowest BCUT2D eigenvalue weighted by Crippen LogP contribution is -2.44. The first kappa shape index (κ1) is 89.5. The molecule has 0 aromatic carbocycles. The summed E-state index contributed by atoms with van der Waals surface area (Å²) in [4.78, 5) is 37.6. The monoisotopic (exact) mass is 1300 g/mol. The average Bonchev–Trinajstić information content (AvgIpc) is 3.38. The van der Waals surface area contributed by atoms with Crippen LogP contribution < -0.4 is 5.11 Å². The highest BCUT2D eigenvalue weighted by molar-refractivity contribution is 5.70. The van der Waals surface area contributed by atoms with Gasteiger partial charge in [-0.3, -0.25) is 9.59 Å². The zero-order valence-corrected chi connectivity index (χ0v) is 61.9. The molecule has 0 bridgehead atoms. The number of nitrogens with zero attached hydrogens (tertiary/aromatic N) is 1. The van der Waals surface area contributed by atoms with Crippen LogP contribution in [0.25, 0.3) is 0 Å². The minimum Gasteiger partial charge on any atom is -0.545 e. The predicted octanol–water partition coefficient (Wildman–Crippen LogP) is 24.0. The van der Waals surface area contributed by atoms with E-state index in [1.54, 1.807) is 0 Å². The maximum atomic E-state index is 13.0. The second-order valence-electron chi connectivity index (χ2n) is 28.0. The fourth-order valence-corrected chi connectivity index (χ4v) is 11.6. The van der Waals surface area contributed by atoms with Crippen molar-refractivity contribution in [2.24, 2.45) is 0 Å². The summed E-state index contributed by atoms with van der Waals surface area (Å²) in [6.07, 6.45) is 98.5. The molecule has 0 fully saturated rings. The summed E-state index contributed by atoms with van der Waals surface area (Å²) in [6, 6.07) is 0. The Labute approximate surface area is 576 Å². The number of carboxylic acid groups (broad SMARTS) is 1. The summed E-state index contributed by atoms with van der Waals surface area (Å²) in [7, 11) is 5.95. The Morgan fingerprint density at radius 2 is 0.613 bits per heavy atom. The molecular weight excluding hydrogens is 1150 g/mol. The fraction of sp³-hybridized carbons (Fsp3) is 0.798. The molecule has 0 heterocycles. The summed E-state index contributed by atoms with van der Waals surface area (Å²) < 4.78 is 22.9. The Bertz CT molecular complexity index is 1810. The van der Waals surface area contributed by atoms with Gasteiger partial charge in [0, 0.05) is 12.8 Å². The first-order valence-corrected chi connectivity index (χ1v) is 39.7. The lowest BCUT2D eigenvalue weighted by Gasteiger charge is -2.26. The molecule has 0 aliphatic rings. The van der Waals surface area contributed by atoms with Gasteiger partial charge in [0.05, 0.1) is 40.3 Å². The van der Waals surface area contributed by atoms with E-state index in [1.807, 2.05) is 21.1 Å². The van der Waals surface area contributed by atoms with Crippen LogP contribution in [0.5, 0.6) is 0 Å². The molecule has 0 aliphatic carbocycles. The van der Waals surface area contributed by atoms with Crippen LogP contribution in [-0.2, 0) is 33.3 Å².